The minimum atomic E-state index is 0.588. The predicted octanol–water partition coefficient (Wildman–Crippen LogP) is 14.0. The third-order valence-corrected chi connectivity index (χ3v) is 12.3. The smallest absolute Gasteiger partial charge is 0.238 e. The van der Waals surface area contributed by atoms with E-state index in [0.717, 1.165) is 27.8 Å². The topological polar surface area (TPSA) is 48.5 Å². The molecule has 3 aromatic heterocycles. The zero-order valence-corrected chi connectivity index (χ0v) is 32.3. The van der Waals surface area contributed by atoms with Gasteiger partial charge >= 0.3 is 0 Å². The summed E-state index contributed by atoms with van der Waals surface area (Å²) in [6, 6.07) is 71.5. The van der Waals surface area contributed by atoms with E-state index in [1.54, 1.807) is 0 Å². The van der Waals surface area contributed by atoms with Crippen LogP contribution in [-0.4, -0.2) is 24.1 Å². The summed E-state index contributed by atoms with van der Waals surface area (Å²) in [5.74, 6) is 1.86. The highest BCUT2D eigenvalue weighted by Gasteiger charge is 2.25. The van der Waals surface area contributed by atoms with E-state index in [1.807, 2.05) is 36.4 Å². The van der Waals surface area contributed by atoms with Gasteiger partial charge in [-0.25, -0.2) is 4.98 Å². The van der Waals surface area contributed by atoms with Gasteiger partial charge in [0.25, 0.3) is 0 Å². The van der Waals surface area contributed by atoms with Crippen LogP contribution in [0.5, 0.6) is 0 Å². The molecule has 3 heterocycles. The van der Waals surface area contributed by atoms with E-state index in [-0.39, 0.29) is 0 Å². The maximum atomic E-state index is 5.26. The van der Waals surface area contributed by atoms with Gasteiger partial charge in [-0.15, -0.1) is 0 Å². The van der Waals surface area contributed by atoms with Gasteiger partial charge in [-0.3, -0.25) is 4.57 Å². The predicted molar refractivity (Wildman–Crippen MR) is 249 cm³/mol. The standard InChI is InChI=1S/C55H33N5/c1-4-16-35(17-5-1)53-56-54(36-18-6-2-7-19-36)58-55(57-53)60-47-26-14-24-42-49-39-22-11-10-15-34(39)27-29-43(49)50-40(30-32-48(60)52(50)51(42)47)37-28-31-46-44(33-37)41-23-12-13-25-45(41)59(46)38-20-8-3-9-21-38/h1-33H. The zero-order valence-electron chi connectivity index (χ0n) is 32.3. The Morgan fingerprint density at radius 3 is 1.65 bits per heavy atom. The van der Waals surface area contributed by atoms with Crippen molar-refractivity contribution in [3.05, 3.63) is 200 Å². The first-order chi connectivity index (χ1) is 29.8. The fourth-order valence-electron chi connectivity index (χ4n) is 9.76. The summed E-state index contributed by atoms with van der Waals surface area (Å²) >= 11 is 0. The number of nitrogens with zero attached hydrogens (tertiary/aromatic N) is 5. The van der Waals surface area contributed by atoms with Crippen LogP contribution in [-0.2, 0) is 0 Å². The molecule has 10 aromatic carbocycles. The molecular weight excluding hydrogens is 731 g/mol. The van der Waals surface area contributed by atoms with Gasteiger partial charge in [0.05, 0.1) is 22.1 Å². The summed E-state index contributed by atoms with van der Waals surface area (Å²) in [4.78, 5) is 15.6. The lowest BCUT2D eigenvalue weighted by atomic mass is 9.87. The van der Waals surface area contributed by atoms with Crippen LogP contribution in [0.1, 0.15) is 0 Å². The minimum absolute atomic E-state index is 0.588. The molecule has 5 heteroatoms. The maximum Gasteiger partial charge on any atom is 0.238 e. The number of hydrogen-bond acceptors (Lipinski definition) is 3. The van der Waals surface area contributed by atoms with Gasteiger partial charge in [0, 0.05) is 43.7 Å². The van der Waals surface area contributed by atoms with Crippen molar-refractivity contribution in [2.45, 2.75) is 0 Å². The van der Waals surface area contributed by atoms with Gasteiger partial charge in [-0.1, -0.05) is 158 Å². The summed E-state index contributed by atoms with van der Waals surface area (Å²) < 4.78 is 4.64. The van der Waals surface area contributed by atoms with Gasteiger partial charge < -0.3 is 4.57 Å². The highest BCUT2D eigenvalue weighted by Crippen LogP contribution is 2.49. The van der Waals surface area contributed by atoms with Crippen LogP contribution in [0.25, 0.3) is 121 Å². The fraction of sp³-hybridized carbons (Fsp3) is 0. The van der Waals surface area contributed by atoms with Crippen molar-refractivity contribution >= 4 is 75.9 Å². The Labute approximate surface area is 344 Å². The molecule has 0 unspecified atom stereocenters. The Hall–Kier alpha value is -8.15. The molecule has 0 spiro atoms. The number of rotatable bonds is 5. The van der Waals surface area contributed by atoms with Crippen LogP contribution in [0.4, 0.5) is 0 Å². The van der Waals surface area contributed by atoms with Crippen LogP contribution in [0, 0.1) is 0 Å². The lowest BCUT2D eigenvalue weighted by Gasteiger charge is -2.15. The molecule has 13 aromatic rings. The lowest BCUT2D eigenvalue weighted by Crippen LogP contribution is -2.06. The van der Waals surface area contributed by atoms with Crippen LogP contribution in [0.2, 0.25) is 0 Å². The van der Waals surface area contributed by atoms with Gasteiger partial charge in [0.1, 0.15) is 0 Å². The van der Waals surface area contributed by atoms with Crippen molar-refractivity contribution in [1.29, 1.82) is 0 Å². The number of benzene rings is 10. The SMILES string of the molecule is c1ccc(-c2nc(-c3ccccc3)nc(-n3c4cccc5c6c7ccccc7ccc6c6c(-c7ccc8c(c7)c7ccccc7n8-c7ccccc7)ccc3c6c54)n2)cc1. The van der Waals surface area contributed by atoms with Crippen molar-refractivity contribution in [3.63, 3.8) is 0 Å². The normalized spacial score (nSPS) is 12.0. The maximum absolute atomic E-state index is 5.26. The molecule has 0 N–H and O–H groups in total. The van der Waals surface area contributed by atoms with Crippen molar-refractivity contribution < 1.29 is 0 Å². The van der Waals surface area contributed by atoms with E-state index >= 15 is 0 Å². The lowest BCUT2D eigenvalue weighted by molar-refractivity contribution is 0.954. The second-order valence-electron chi connectivity index (χ2n) is 15.6. The summed E-state index contributed by atoms with van der Waals surface area (Å²) in [7, 11) is 0. The van der Waals surface area contributed by atoms with Gasteiger partial charge in [0.15, 0.2) is 11.6 Å². The van der Waals surface area contributed by atoms with E-state index in [9.17, 15) is 0 Å². The van der Waals surface area contributed by atoms with Crippen LogP contribution in [0.15, 0.2) is 200 Å². The Morgan fingerprint density at radius 1 is 0.300 bits per heavy atom. The molecule has 0 aliphatic rings. The second kappa shape index (κ2) is 12.7. The van der Waals surface area contributed by atoms with E-state index in [1.165, 1.54) is 76.0 Å². The Morgan fingerprint density at radius 2 is 0.883 bits per heavy atom. The van der Waals surface area contributed by atoms with Crippen molar-refractivity contribution in [3.8, 4) is 45.5 Å². The molecular formula is C55H33N5. The molecule has 278 valence electrons. The molecule has 5 nitrogen and oxygen atoms in total. The number of fused-ring (bicyclic) bond motifs is 8. The fourth-order valence-corrected chi connectivity index (χ4v) is 9.76. The molecule has 0 atom stereocenters. The number of hydrogen-bond donors (Lipinski definition) is 0. The molecule has 0 saturated carbocycles. The van der Waals surface area contributed by atoms with E-state index in [2.05, 4.69) is 173 Å². The molecule has 0 fully saturated rings. The van der Waals surface area contributed by atoms with Gasteiger partial charge in [-0.05, 0) is 80.5 Å². The van der Waals surface area contributed by atoms with Gasteiger partial charge in [0.2, 0.25) is 5.95 Å². The van der Waals surface area contributed by atoms with E-state index in [0.29, 0.717) is 17.6 Å². The highest BCUT2D eigenvalue weighted by atomic mass is 15.2. The average Bonchev–Trinajstić information content (AvgIpc) is 3.84. The number of para-hydroxylation sites is 2. The molecule has 60 heavy (non-hydrogen) atoms. The van der Waals surface area contributed by atoms with Crippen molar-refractivity contribution in [1.82, 2.24) is 24.1 Å². The monoisotopic (exact) mass is 763 g/mol. The summed E-state index contributed by atoms with van der Waals surface area (Å²) in [6.45, 7) is 0. The largest absolute Gasteiger partial charge is 0.309 e. The van der Waals surface area contributed by atoms with Crippen molar-refractivity contribution in [2.75, 3.05) is 0 Å². The molecule has 13 rings (SSSR count). The average molecular weight is 764 g/mol. The first-order valence-corrected chi connectivity index (χ1v) is 20.4. The third-order valence-electron chi connectivity index (χ3n) is 12.3. The Balaban J connectivity index is 1.16. The van der Waals surface area contributed by atoms with Gasteiger partial charge in [-0.2, -0.15) is 9.97 Å². The molecule has 0 saturated heterocycles. The molecule has 0 radical (unpaired) electrons. The minimum Gasteiger partial charge on any atom is -0.309 e. The summed E-state index contributed by atoms with van der Waals surface area (Å²) in [5, 5.41) is 12.3. The highest BCUT2D eigenvalue weighted by molar-refractivity contribution is 6.40. The summed E-state index contributed by atoms with van der Waals surface area (Å²) in [5.41, 5.74) is 9.89. The van der Waals surface area contributed by atoms with Crippen LogP contribution >= 0.6 is 0 Å². The summed E-state index contributed by atoms with van der Waals surface area (Å²) in [6.07, 6.45) is 0. The zero-order chi connectivity index (χ0) is 39.3. The first kappa shape index (κ1) is 32.9. The van der Waals surface area contributed by atoms with E-state index in [4.69, 9.17) is 15.0 Å². The molecule has 0 bridgehead atoms. The first-order valence-electron chi connectivity index (χ1n) is 20.4. The second-order valence-corrected chi connectivity index (χ2v) is 15.6. The van der Waals surface area contributed by atoms with Crippen LogP contribution in [0.3, 0.4) is 0 Å². The quantitative estimate of drug-likeness (QED) is 0.164. The van der Waals surface area contributed by atoms with E-state index < -0.39 is 0 Å². The third kappa shape index (κ3) is 4.71. The molecule has 0 aliphatic carbocycles. The Bertz CT molecular complexity index is 3750. The van der Waals surface area contributed by atoms with Crippen molar-refractivity contribution in [2.24, 2.45) is 0 Å². The van der Waals surface area contributed by atoms with Crippen LogP contribution < -0.4 is 0 Å². The molecule has 0 amide bonds. The molecule has 0 aliphatic heterocycles. The number of aromatic nitrogens is 5. The Kier molecular flexibility index (Phi) is 6.95.